The van der Waals surface area contributed by atoms with Gasteiger partial charge in [-0.3, -0.25) is 4.57 Å². The normalized spacial score (nSPS) is 21.4. The zero-order valence-corrected chi connectivity index (χ0v) is 13.5. The molecule has 0 amide bonds. The highest BCUT2D eigenvalue weighted by Gasteiger charge is 2.24. The lowest BCUT2D eigenvalue weighted by Gasteiger charge is -2.24. The first-order chi connectivity index (χ1) is 11.7. The van der Waals surface area contributed by atoms with Gasteiger partial charge in [-0.05, 0) is 19.3 Å². The molecule has 0 spiro atoms. The number of nitrogen functional groups attached to an aromatic ring is 1. The third kappa shape index (κ3) is 2.98. The van der Waals surface area contributed by atoms with Crippen molar-refractivity contribution in [2.24, 2.45) is 0 Å². The fourth-order valence-electron chi connectivity index (χ4n) is 3.67. The van der Waals surface area contributed by atoms with Crippen LogP contribution in [0.3, 0.4) is 0 Å². The molecule has 1 aliphatic heterocycles. The van der Waals surface area contributed by atoms with Crippen LogP contribution in [-0.2, 0) is 13.0 Å². The Morgan fingerprint density at radius 2 is 1.96 bits per heavy atom. The third-order valence-corrected chi connectivity index (χ3v) is 4.94. The molecule has 2 aliphatic rings. The molecule has 4 N–H and O–H groups in total. The number of H-pyrrole nitrogens is 1. The van der Waals surface area contributed by atoms with Crippen molar-refractivity contribution >= 4 is 11.9 Å². The summed E-state index contributed by atoms with van der Waals surface area (Å²) in [6.45, 7) is 0.637. The van der Waals surface area contributed by atoms with Crippen LogP contribution in [0.4, 0.5) is 11.9 Å². The van der Waals surface area contributed by atoms with Crippen LogP contribution >= 0.6 is 0 Å². The lowest BCUT2D eigenvalue weighted by atomic mass is 9.89. The van der Waals surface area contributed by atoms with Gasteiger partial charge in [0.25, 0.3) is 0 Å². The topological polar surface area (TPSA) is 127 Å². The second-order valence-corrected chi connectivity index (χ2v) is 6.64. The standard InChI is InChI=1S/C15H22N8O/c16-13-18-12(9-4-2-1-3-5-9)19-14(20-13)17-10-6-7-23-11(8-10)21-22-15(23)24/h9-10H,1-8H2,(H,22,24)(H3,16,17,18,19,20). The first kappa shape index (κ1) is 15.1. The first-order valence-corrected chi connectivity index (χ1v) is 8.61. The van der Waals surface area contributed by atoms with Gasteiger partial charge in [0.2, 0.25) is 11.9 Å². The summed E-state index contributed by atoms with van der Waals surface area (Å²) in [6, 6.07) is 0.133. The van der Waals surface area contributed by atoms with Crippen LogP contribution in [0, 0.1) is 0 Å². The fourth-order valence-corrected chi connectivity index (χ4v) is 3.67. The molecule has 0 bridgehead atoms. The molecule has 1 aliphatic carbocycles. The summed E-state index contributed by atoms with van der Waals surface area (Å²) in [6.07, 6.45) is 7.43. The molecular weight excluding hydrogens is 308 g/mol. The van der Waals surface area contributed by atoms with E-state index in [-0.39, 0.29) is 17.7 Å². The van der Waals surface area contributed by atoms with Crippen LogP contribution in [0.1, 0.15) is 56.1 Å². The highest BCUT2D eigenvalue weighted by Crippen LogP contribution is 2.31. The Labute approximate surface area is 139 Å². The van der Waals surface area contributed by atoms with Crippen LogP contribution in [-0.4, -0.2) is 35.8 Å². The molecule has 4 rings (SSSR count). The van der Waals surface area contributed by atoms with Gasteiger partial charge in [-0.25, -0.2) is 9.89 Å². The number of nitrogens with one attached hydrogen (secondary N) is 2. The average Bonchev–Trinajstić information content (AvgIpc) is 2.96. The van der Waals surface area contributed by atoms with Crippen molar-refractivity contribution in [2.75, 3.05) is 11.1 Å². The second kappa shape index (κ2) is 6.21. The zero-order valence-electron chi connectivity index (χ0n) is 13.5. The minimum absolute atomic E-state index is 0.133. The minimum Gasteiger partial charge on any atom is -0.368 e. The maximum atomic E-state index is 11.6. The van der Waals surface area contributed by atoms with E-state index in [0.717, 1.165) is 30.9 Å². The molecular formula is C15H22N8O. The largest absolute Gasteiger partial charge is 0.368 e. The zero-order chi connectivity index (χ0) is 16.5. The summed E-state index contributed by atoms with van der Waals surface area (Å²) in [5.41, 5.74) is 5.74. The van der Waals surface area contributed by atoms with Crippen molar-refractivity contribution in [3.05, 3.63) is 22.1 Å². The van der Waals surface area contributed by atoms with Crippen LogP contribution in [0.2, 0.25) is 0 Å². The van der Waals surface area contributed by atoms with Gasteiger partial charge < -0.3 is 11.1 Å². The molecule has 9 heteroatoms. The maximum absolute atomic E-state index is 11.6. The highest BCUT2D eigenvalue weighted by molar-refractivity contribution is 5.33. The van der Waals surface area contributed by atoms with Gasteiger partial charge in [0.05, 0.1) is 0 Å². The Hall–Kier alpha value is -2.45. The lowest BCUT2D eigenvalue weighted by molar-refractivity contribution is 0.427. The number of hydrogen-bond acceptors (Lipinski definition) is 7. The number of anilines is 2. The van der Waals surface area contributed by atoms with Crippen molar-refractivity contribution in [1.82, 2.24) is 29.7 Å². The van der Waals surface area contributed by atoms with E-state index in [9.17, 15) is 4.79 Å². The summed E-state index contributed by atoms with van der Waals surface area (Å²) in [4.78, 5) is 24.7. The SMILES string of the molecule is Nc1nc(NC2CCn3c(n[nH]c3=O)C2)nc(C2CCCCC2)n1. The maximum Gasteiger partial charge on any atom is 0.343 e. The quantitative estimate of drug-likeness (QED) is 0.760. The highest BCUT2D eigenvalue weighted by atomic mass is 16.1. The van der Waals surface area contributed by atoms with Gasteiger partial charge >= 0.3 is 5.69 Å². The van der Waals surface area contributed by atoms with Crippen molar-refractivity contribution in [3.8, 4) is 0 Å². The van der Waals surface area contributed by atoms with Gasteiger partial charge in [-0.15, -0.1) is 0 Å². The third-order valence-electron chi connectivity index (χ3n) is 4.94. The van der Waals surface area contributed by atoms with E-state index in [1.165, 1.54) is 19.3 Å². The van der Waals surface area contributed by atoms with Gasteiger partial charge in [0, 0.05) is 24.9 Å². The van der Waals surface area contributed by atoms with Crippen LogP contribution < -0.4 is 16.7 Å². The first-order valence-electron chi connectivity index (χ1n) is 8.61. The van der Waals surface area contributed by atoms with Crippen molar-refractivity contribution in [3.63, 3.8) is 0 Å². The Bertz CT molecular complexity index is 776. The number of nitrogens with zero attached hydrogens (tertiary/aromatic N) is 5. The van der Waals surface area contributed by atoms with E-state index in [0.29, 0.717) is 24.8 Å². The Morgan fingerprint density at radius 3 is 2.79 bits per heavy atom. The number of aromatic amines is 1. The molecule has 2 aromatic heterocycles. The molecule has 1 saturated carbocycles. The number of rotatable bonds is 3. The van der Waals surface area contributed by atoms with E-state index in [1.54, 1.807) is 4.57 Å². The van der Waals surface area contributed by atoms with Gasteiger partial charge in [-0.2, -0.15) is 20.1 Å². The minimum atomic E-state index is -0.146. The van der Waals surface area contributed by atoms with Crippen LogP contribution in [0.5, 0.6) is 0 Å². The van der Waals surface area contributed by atoms with E-state index in [2.05, 4.69) is 30.5 Å². The van der Waals surface area contributed by atoms with E-state index < -0.39 is 0 Å². The molecule has 9 nitrogen and oxygen atoms in total. The van der Waals surface area contributed by atoms with E-state index >= 15 is 0 Å². The fraction of sp³-hybridized carbons (Fsp3) is 0.667. The Balaban J connectivity index is 1.50. The molecule has 0 aromatic carbocycles. The van der Waals surface area contributed by atoms with Gasteiger partial charge in [-0.1, -0.05) is 19.3 Å². The second-order valence-electron chi connectivity index (χ2n) is 6.64. The van der Waals surface area contributed by atoms with Crippen molar-refractivity contribution < 1.29 is 0 Å². The molecule has 1 fully saturated rings. The van der Waals surface area contributed by atoms with Crippen LogP contribution in [0.25, 0.3) is 0 Å². The number of hydrogen-bond donors (Lipinski definition) is 3. The lowest BCUT2D eigenvalue weighted by Crippen LogP contribution is -2.34. The van der Waals surface area contributed by atoms with E-state index in [1.807, 2.05) is 0 Å². The number of fused-ring (bicyclic) bond motifs is 1. The van der Waals surface area contributed by atoms with Gasteiger partial charge in [0.15, 0.2) is 0 Å². The predicted octanol–water partition coefficient (Wildman–Crippen LogP) is 0.813. The summed E-state index contributed by atoms with van der Waals surface area (Å²) in [7, 11) is 0. The van der Waals surface area contributed by atoms with Gasteiger partial charge in [0.1, 0.15) is 11.6 Å². The monoisotopic (exact) mass is 330 g/mol. The molecule has 2 aromatic rings. The van der Waals surface area contributed by atoms with Crippen LogP contribution in [0.15, 0.2) is 4.79 Å². The molecule has 1 atom stereocenters. The average molecular weight is 330 g/mol. The molecule has 1 unspecified atom stereocenters. The summed E-state index contributed by atoms with van der Waals surface area (Å²) < 4.78 is 1.67. The number of nitrogens with two attached hydrogens (primary N) is 1. The van der Waals surface area contributed by atoms with Crippen molar-refractivity contribution in [1.29, 1.82) is 0 Å². The molecule has 3 heterocycles. The Kier molecular flexibility index (Phi) is 3.91. The predicted molar refractivity (Wildman–Crippen MR) is 88.6 cm³/mol. The summed E-state index contributed by atoms with van der Waals surface area (Å²) in [5.74, 6) is 2.74. The van der Waals surface area contributed by atoms with E-state index in [4.69, 9.17) is 5.73 Å². The summed E-state index contributed by atoms with van der Waals surface area (Å²) in [5, 5.41) is 9.90. The molecule has 0 saturated heterocycles. The molecule has 24 heavy (non-hydrogen) atoms. The smallest absolute Gasteiger partial charge is 0.343 e. The summed E-state index contributed by atoms with van der Waals surface area (Å²) >= 11 is 0. The molecule has 0 radical (unpaired) electrons. The van der Waals surface area contributed by atoms with Crippen molar-refractivity contribution in [2.45, 2.75) is 63.5 Å². The Morgan fingerprint density at radius 1 is 1.12 bits per heavy atom. The number of aromatic nitrogens is 6. The molecule has 128 valence electrons.